The third-order valence-electron chi connectivity index (χ3n) is 3.28. The van der Waals surface area contributed by atoms with E-state index in [0.717, 1.165) is 6.42 Å². The van der Waals surface area contributed by atoms with Gasteiger partial charge in [-0.05, 0) is 24.5 Å². The Morgan fingerprint density at radius 1 is 1.35 bits per heavy atom. The Balaban J connectivity index is 1.76. The summed E-state index contributed by atoms with van der Waals surface area (Å²) < 4.78 is 5.16. The van der Waals surface area contributed by atoms with Crippen LogP contribution in [0.25, 0.3) is 0 Å². The van der Waals surface area contributed by atoms with Gasteiger partial charge in [-0.2, -0.15) is 0 Å². The van der Waals surface area contributed by atoms with Crippen LogP contribution in [0.3, 0.4) is 0 Å². The number of benzene rings is 1. The van der Waals surface area contributed by atoms with Gasteiger partial charge >= 0.3 is 5.97 Å². The number of hydrogen-bond acceptors (Lipinski definition) is 3. The van der Waals surface area contributed by atoms with Crippen molar-refractivity contribution in [3.8, 4) is 11.5 Å². The summed E-state index contributed by atoms with van der Waals surface area (Å²) in [5, 5.41) is 9.24. The van der Waals surface area contributed by atoms with Gasteiger partial charge in [-0.3, -0.25) is 4.79 Å². The van der Waals surface area contributed by atoms with Crippen molar-refractivity contribution in [2.75, 3.05) is 0 Å². The maximum atomic E-state index is 11.6. The molecule has 1 saturated carbocycles. The summed E-state index contributed by atoms with van der Waals surface area (Å²) in [4.78, 5) is 11.6. The largest absolute Gasteiger partial charge is 0.508 e. The Morgan fingerprint density at radius 2 is 2.12 bits per heavy atom. The minimum absolute atomic E-state index is 0.117. The second-order valence-electron chi connectivity index (χ2n) is 4.66. The van der Waals surface area contributed by atoms with E-state index in [1.807, 2.05) is 0 Å². The van der Waals surface area contributed by atoms with E-state index in [9.17, 15) is 9.90 Å². The Kier molecular flexibility index (Phi) is 4.02. The number of aromatic hydroxyl groups is 1. The second kappa shape index (κ2) is 5.71. The number of esters is 1. The quantitative estimate of drug-likeness (QED) is 0.642. The summed E-state index contributed by atoms with van der Waals surface area (Å²) in [6, 6.07) is 6.34. The maximum Gasteiger partial charge on any atom is 0.311 e. The van der Waals surface area contributed by atoms with E-state index >= 15 is 0 Å². The van der Waals surface area contributed by atoms with Crippen LogP contribution in [0.5, 0.6) is 11.5 Å². The molecule has 1 aromatic carbocycles. The molecule has 0 unspecified atom stereocenters. The third kappa shape index (κ3) is 3.77. The molecule has 0 radical (unpaired) electrons. The first-order chi connectivity index (χ1) is 8.24. The van der Waals surface area contributed by atoms with Crippen LogP contribution in [-0.2, 0) is 4.79 Å². The third-order valence-corrected chi connectivity index (χ3v) is 3.28. The fourth-order valence-electron chi connectivity index (χ4n) is 2.35. The maximum absolute atomic E-state index is 11.6. The second-order valence-corrected chi connectivity index (χ2v) is 4.66. The van der Waals surface area contributed by atoms with Crippen LogP contribution >= 0.6 is 0 Å². The molecule has 17 heavy (non-hydrogen) atoms. The van der Waals surface area contributed by atoms with Crippen molar-refractivity contribution in [1.82, 2.24) is 0 Å². The highest BCUT2D eigenvalue weighted by Gasteiger charge is 2.16. The highest BCUT2D eigenvalue weighted by molar-refractivity contribution is 5.72. The van der Waals surface area contributed by atoms with Crippen molar-refractivity contribution in [3.05, 3.63) is 24.3 Å². The molecule has 1 aliphatic rings. The van der Waals surface area contributed by atoms with Crippen molar-refractivity contribution in [1.29, 1.82) is 0 Å². The van der Waals surface area contributed by atoms with Crippen LogP contribution < -0.4 is 4.74 Å². The first-order valence-corrected chi connectivity index (χ1v) is 6.24. The van der Waals surface area contributed by atoms with Crippen molar-refractivity contribution >= 4 is 5.97 Å². The van der Waals surface area contributed by atoms with Gasteiger partial charge in [0.2, 0.25) is 0 Å². The average Bonchev–Trinajstić information content (AvgIpc) is 2.79. The van der Waals surface area contributed by atoms with Crippen molar-refractivity contribution in [3.63, 3.8) is 0 Å². The van der Waals surface area contributed by atoms with Crippen LogP contribution in [0.1, 0.15) is 38.5 Å². The monoisotopic (exact) mass is 234 g/mol. The first-order valence-electron chi connectivity index (χ1n) is 6.24. The molecule has 0 atom stereocenters. The lowest BCUT2D eigenvalue weighted by Crippen LogP contribution is -2.09. The fourth-order valence-corrected chi connectivity index (χ4v) is 2.35. The topological polar surface area (TPSA) is 46.5 Å². The molecule has 0 heterocycles. The van der Waals surface area contributed by atoms with Gasteiger partial charge in [-0.25, -0.2) is 0 Å². The number of carbonyl (C=O) groups excluding carboxylic acids is 1. The number of carbonyl (C=O) groups is 1. The standard InChI is InChI=1S/C14H18O3/c15-12-6-3-7-13(10-12)17-14(16)9-8-11-4-1-2-5-11/h3,6-7,10-11,15H,1-2,4-5,8-9H2. The Bertz CT molecular complexity index is 381. The van der Waals surface area contributed by atoms with Crippen molar-refractivity contribution in [2.45, 2.75) is 38.5 Å². The van der Waals surface area contributed by atoms with Gasteiger partial charge in [-0.15, -0.1) is 0 Å². The van der Waals surface area contributed by atoms with Crippen LogP contribution in [0.4, 0.5) is 0 Å². The van der Waals surface area contributed by atoms with E-state index in [2.05, 4.69) is 0 Å². The summed E-state index contributed by atoms with van der Waals surface area (Å²) in [5.74, 6) is 1.03. The smallest absolute Gasteiger partial charge is 0.311 e. The summed E-state index contributed by atoms with van der Waals surface area (Å²) >= 11 is 0. The zero-order chi connectivity index (χ0) is 12.1. The van der Waals surface area contributed by atoms with E-state index in [0.29, 0.717) is 18.1 Å². The Hall–Kier alpha value is -1.51. The molecular formula is C14H18O3. The molecule has 3 heteroatoms. The van der Waals surface area contributed by atoms with Crippen molar-refractivity contribution in [2.24, 2.45) is 5.92 Å². The number of phenols is 1. The number of rotatable bonds is 4. The van der Waals surface area contributed by atoms with Gasteiger partial charge in [-0.1, -0.05) is 31.7 Å². The van der Waals surface area contributed by atoms with Crippen LogP contribution in [0.15, 0.2) is 24.3 Å². The zero-order valence-corrected chi connectivity index (χ0v) is 9.89. The van der Waals surface area contributed by atoms with Crippen LogP contribution in [0.2, 0.25) is 0 Å². The molecule has 0 amide bonds. The van der Waals surface area contributed by atoms with Gasteiger partial charge in [0.25, 0.3) is 0 Å². The van der Waals surface area contributed by atoms with Crippen molar-refractivity contribution < 1.29 is 14.6 Å². The van der Waals surface area contributed by atoms with Crippen LogP contribution in [0, 0.1) is 5.92 Å². The predicted octanol–water partition coefficient (Wildman–Crippen LogP) is 3.27. The van der Waals surface area contributed by atoms with E-state index in [1.54, 1.807) is 18.2 Å². The number of phenolic OH excluding ortho intramolecular Hbond substituents is 1. The predicted molar refractivity (Wildman–Crippen MR) is 64.9 cm³/mol. The molecule has 0 bridgehead atoms. The van der Waals surface area contributed by atoms with E-state index in [-0.39, 0.29) is 11.7 Å². The number of hydrogen-bond donors (Lipinski definition) is 1. The molecular weight excluding hydrogens is 216 g/mol. The minimum atomic E-state index is -0.206. The Morgan fingerprint density at radius 3 is 2.82 bits per heavy atom. The van der Waals surface area contributed by atoms with Gasteiger partial charge in [0.1, 0.15) is 11.5 Å². The molecule has 1 fully saturated rings. The average molecular weight is 234 g/mol. The van der Waals surface area contributed by atoms with Crippen LogP contribution in [-0.4, -0.2) is 11.1 Å². The highest BCUT2D eigenvalue weighted by atomic mass is 16.5. The molecule has 0 aliphatic heterocycles. The first kappa shape index (κ1) is 12.0. The molecule has 1 aromatic rings. The van der Waals surface area contributed by atoms with E-state index in [1.165, 1.54) is 31.7 Å². The molecule has 3 nitrogen and oxygen atoms in total. The summed E-state index contributed by atoms with van der Waals surface area (Å²) in [6.45, 7) is 0. The summed E-state index contributed by atoms with van der Waals surface area (Å²) in [5.41, 5.74) is 0. The SMILES string of the molecule is O=C(CCC1CCCC1)Oc1cccc(O)c1. The molecule has 0 saturated heterocycles. The fraction of sp³-hybridized carbons (Fsp3) is 0.500. The molecule has 92 valence electrons. The Labute approximate surface area is 101 Å². The molecule has 0 aromatic heterocycles. The highest BCUT2D eigenvalue weighted by Crippen LogP contribution is 2.28. The van der Waals surface area contributed by atoms with Gasteiger partial charge < -0.3 is 9.84 Å². The lowest BCUT2D eigenvalue weighted by atomic mass is 10.0. The minimum Gasteiger partial charge on any atom is -0.508 e. The normalized spacial score (nSPS) is 16.0. The lowest BCUT2D eigenvalue weighted by molar-refractivity contribution is -0.134. The zero-order valence-electron chi connectivity index (χ0n) is 9.89. The number of ether oxygens (including phenoxy) is 1. The molecule has 1 N–H and O–H groups in total. The van der Waals surface area contributed by atoms with Gasteiger partial charge in [0.05, 0.1) is 0 Å². The van der Waals surface area contributed by atoms with Gasteiger partial charge in [0, 0.05) is 12.5 Å². The lowest BCUT2D eigenvalue weighted by Gasteiger charge is -2.08. The van der Waals surface area contributed by atoms with Gasteiger partial charge in [0.15, 0.2) is 0 Å². The summed E-state index contributed by atoms with van der Waals surface area (Å²) in [7, 11) is 0. The van der Waals surface area contributed by atoms with E-state index in [4.69, 9.17) is 4.74 Å². The molecule has 2 rings (SSSR count). The summed E-state index contributed by atoms with van der Waals surface area (Å²) in [6.07, 6.45) is 6.50. The molecule has 0 spiro atoms. The van der Waals surface area contributed by atoms with E-state index < -0.39 is 0 Å². The molecule has 1 aliphatic carbocycles.